The van der Waals surface area contributed by atoms with Gasteiger partial charge < -0.3 is 14.6 Å². The first-order valence-corrected chi connectivity index (χ1v) is 11.1. The molecule has 0 aromatic heterocycles. The van der Waals surface area contributed by atoms with Gasteiger partial charge in [0.05, 0.1) is 22.3 Å². The van der Waals surface area contributed by atoms with Crippen molar-refractivity contribution in [3.05, 3.63) is 28.2 Å². The Hall–Kier alpha value is -0.610. The quantitative estimate of drug-likeness (QED) is 0.688. The Morgan fingerprint density at radius 2 is 2.07 bits per heavy atom. The molecule has 1 unspecified atom stereocenters. The maximum atomic E-state index is 15.4. The van der Waals surface area contributed by atoms with Gasteiger partial charge in [0.25, 0.3) is 5.92 Å². The fourth-order valence-electron chi connectivity index (χ4n) is 3.76. The van der Waals surface area contributed by atoms with Crippen molar-refractivity contribution in [2.75, 3.05) is 19.8 Å². The number of halogens is 3. The first-order valence-electron chi connectivity index (χ1n) is 9.20. The number of hydrogen-bond donors (Lipinski definition) is 2. The van der Waals surface area contributed by atoms with E-state index < -0.39 is 39.4 Å². The lowest BCUT2D eigenvalue weighted by Gasteiger charge is -2.52. The average molecular weight is 482 g/mol. The van der Waals surface area contributed by atoms with Crippen molar-refractivity contribution in [3.63, 3.8) is 0 Å². The molecule has 9 heteroatoms. The van der Waals surface area contributed by atoms with Crippen molar-refractivity contribution in [1.29, 1.82) is 0 Å². The second kappa shape index (κ2) is 7.58. The van der Waals surface area contributed by atoms with Gasteiger partial charge >= 0.3 is 0 Å². The summed E-state index contributed by atoms with van der Waals surface area (Å²) in [5, 5.41) is 9.64. The Kier molecular flexibility index (Phi) is 5.97. The molecule has 3 rings (SSSR count). The minimum absolute atomic E-state index is 0.162. The van der Waals surface area contributed by atoms with Crippen LogP contribution in [0.3, 0.4) is 0 Å². The van der Waals surface area contributed by atoms with Gasteiger partial charge in [0.2, 0.25) is 0 Å². The summed E-state index contributed by atoms with van der Waals surface area (Å²) in [7, 11) is -1.81. The van der Waals surface area contributed by atoms with Crippen molar-refractivity contribution in [2.24, 2.45) is 0 Å². The van der Waals surface area contributed by atoms with Crippen LogP contribution in [0.2, 0.25) is 0 Å². The molecular weight excluding hydrogens is 456 g/mol. The summed E-state index contributed by atoms with van der Waals surface area (Å²) in [5.74, 6) is -3.30. The molecule has 2 aliphatic rings. The lowest BCUT2D eigenvalue weighted by atomic mass is 9.71. The van der Waals surface area contributed by atoms with E-state index in [1.807, 2.05) is 0 Å². The summed E-state index contributed by atoms with van der Waals surface area (Å²) >= 11 is 3.33. The number of fused-ring (bicyclic) bond motifs is 1. The van der Waals surface area contributed by atoms with Crippen LogP contribution >= 0.6 is 15.9 Å². The molecule has 0 radical (unpaired) electrons. The average Bonchev–Trinajstić information content (AvgIpc) is 2.62. The first kappa shape index (κ1) is 22.1. The maximum Gasteiger partial charge on any atom is 0.293 e. The SMILES string of the molecule is CC(C)(C)[S@@](=O)N[C@]1(C(F)(F)CO)CC2(CCCOC2)Oc2ccc(Br)cc21. The normalized spacial score (nSPS) is 29.2. The van der Waals surface area contributed by atoms with Crippen LogP contribution in [0.15, 0.2) is 22.7 Å². The highest BCUT2D eigenvalue weighted by Crippen LogP contribution is 2.53. The number of aliphatic hydroxyl groups excluding tert-OH is 1. The third-order valence-corrected chi connectivity index (χ3v) is 7.39. The molecule has 1 saturated heterocycles. The number of benzene rings is 1. The molecule has 1 aromatic carbocycles. The third kappa shape index (κ3) is 3.88. The zero-order chi connectivity index (χ0) is 20.8. The zero-order valence-electron chi connectivity index (χ0n) is 16.2. The predicted octanol–water partition coefficient (Wildman–Crippen LogP) is 3.66. The fourth-order valence-corrected chi connectivity index (χ4v) is 5.07. The molecule has 2 aliphatic heterocycles. The van der Waals surface area contributed by atoms with Gasteiger partial charge in [-0.05, 0) is 51.8 Å². The Balaban J connectivity index is 2.22. The first-order chi connectivity index (χ1) is 12.9. The molecule has 0 aliphatic carbocycles. The fraction of sp³-hybridized carbons (Fsp3) is 0.684. The van der Waals surface area contributed by atoms with Crippen molar-refractivity contribution in [1.82, 2.24) is 4.72 Å². The van der Waals surface area contributed by atoms with E-state index in [-0.39, 0.29) is 24.3 Å². The number of ether oxygens (including phenoxy) is 2. The third-order valence-electron chi connectivity index (χ3n) is 5.25. The van der Waals surface area contributed by atoms with E-state index in [0.29, 0.717) is 23.9 Å². The van der Waals surface area contributed by atoms with Crippen LogP contribution in [0.25, 0.3) is 0 Å². The minimum Gasteiger partial charge on any atom is -0.484 e. The molecule has 3 atom stereocenters. The molecule has 0 bridgehead atoms. The molecule has 2 heterocycles. The topological polar surface area (TPSA) is 67.8 Å². The maximum absolute atomic E-state index is 15.4. The molecule has 1 spiro atoms. The van der Waals surface area contributed by atoms with Crippen molar-refractivity contribution < 1.29 is 27.6 Å². The highest BCUT2D eigenvalue weighted by molar-refractivity contribution is 9.10. The number of nitrogens with one attached hydrogen (secondary N) is 1. The highest BCUT2D eigenvalue weighted by Gasteiger charge is 2.63. The van der Waals surface area contributed by atoms with Crippen LogP contribution in [-0.4, -0.2) is 45.4 Å². The molecule has 2 N–H and O–H groups in total. The smallest absolute Gasteiger partial charge is 0.293 e. The number of alkyl halides is 2. The van der Waals surface area contributed by atoms with Crippen molar-refractivity contribution >= 4 is 26.9 Å². The summed E-state index contributed by atoms with van der Waals surface area (Å²) in [6.45, 7) is 4.45. The van der Waals surface area contributed by atoms with Crippen LogP contribution in [0.5, 0.6) is 5.75 Å². The molecular formula is C19H26BrF2NO4S. The van der Waals surface area contributed by atoms with Gasteiger partial charge in [0, 0.05) is 23.1 Å². The minimum atomic E-state index is -3.59. The number of hydrogen-bond acceptors (Lipinski definition) is 4. The highest BCUT2D eigenvalue weighted by atomic mass is 79.9. The Bertz CT molecular complexity index is 765. The van der Waals surface area contributed by atoms with Crippen LogP contribution in [-0.2, 0) is 21.3 Å². The van der Waals surface area contributed by atoms with Gasteiger partial charge in [0.1, 0.15) is 23.5 Å². The van der Waals surface area contributed by atoms with Crippen LogP contribution in [0, 0.1) is 0 Å². The lowest BCUT2D eigenvalue weighted by Crippen LogP contribution is -2.66. The predicted molar refractivity (Wildman–Crippen MR) is 107 cm³/mol. The molecule has 5 nitrogen and oxygen atoms in total. The molecule has 0 amide bonds. The van der Waals surface area contributed by atoms with Gasteiger partial charge in [-0.15, -0.1) is 0 Å². The van der Waals surface area contributed by atoms with Crippen molar-refractivity contribution in [3.8, 4) is 5.75 Å². The van der Waals surface area contributed by atoms with Gasteiger partial charge in [-0.25, -0.2) is 17.7 Å². The molecule has 0 saturated carbocycles. The lowest BCUT2D eigenvalue weighted by molar-refractivity contribution is -0.170. The van der Waals surface area contributed by atoms with E-state index in [1.165, 1.54) is 0 Å². The van der Waals surface area contributed by atoms with E-state index in [1.54, 1.807) is 39.0 Å². The van der Waals surface area contributed by atoms with E-state index >= 15 is 8.78 Å². The molecule has 1 aromatic rings. The number of aliphatic hydroxyl groups is 1. The second-order valence-electron chi connectivity index (χ2n) is 8.51. The van der Waals surface area contributed by atoms with E-state index in [9.17, 15) is 9.32 Å². The van der Waals surface area contributed by atoms with Crippen LogP contribution in [0.1, 0.15) is 45.6 Å². The van der Waals surface area contributed by atoms with E-state index in [4.69, 9.17) is 9.47 Å². The molecule has 1 fully saturated rings. The largest absolute Gasteiger partial charge is 0.484 e. The van der Waals surface area contributed by atoms with Gasteiger partial charge in [0.15, 0.2) is 0 Å². The van der Waals surface area contributed by atoms with Gasteiger partial charge in [-0.3, -0.25) is 0 Å². The van der Waals surface area contributed by atoms with Gasteiger partial charge in [-0.2, -0.15) is 0 Å². The van der Waals surface area contributed by atoms with Crippen LogP contribution < -0.4 is 9.46 Å². The Morgan fingerprint density at radius 1 is 1.36 bits per heavy atom. The summed E-state index contributed by atoms with van der Waals surface area (Å²) in [6, 6.07) is 4.88. The summed E-state index contributed by atoms with van der Waals surface area (Å²) < 4.78 is 58.1. The Labute approximate surface area is 174 Å². The summed E-state index contributed by atoms with van der Waals surface area (Å²) in [4.78, 5) is 0. The standard InChI is InChI=1S/C19H26BrF2NO4S/c1-16(2,3)28(25)23-18(19(21,22)11-24)10-17(7-4-8-26-12-17)27-15-6-5-13(20)9-14(15)18/h5-6,9,23-24H,4,7-8,10-12H2,1-3H3/t17?,18-,28-/m1/s1. The van der Waals surface area contributed by atoms with Crippen LogP contribution in [0.4, 0.5) is 8.78 Å². The summed E-state index contributed by atoms with van der Waals surface area (Å²) in [5.41, 5.74) is -2.88. The molecule has 28 heavy (non-hydrogen) atoms. The zero-order valence-corrected chi connectivity index (χ0v) is 18.6. The monoisotopic (exact) mass is 481 g/mol. The van der Waals surface area contributed by atoms with Gasteiger partial charge in [-0.1, -0.05) is 15.9 Å². The second-order valence-corrected chi connectivity index (χ2v) is 11.4. The summed E-state index contributed by atoms with van der Waals surface area (Å²) in [6.07, 6.45) is 1.05. The molecule has 158 valence electrons. The van der Waals surface area contributed by atoms with E-state index in [0.717, 1.165) is 0 Å². The van der Waals surface area contributed by atoms with Crippen molar-refractivity contribution in [2.45, 2.75) is 61.8 Å². The van der Waals surface area contributed by atoms with E-state index in [2.05, 4.69) is 20.7 Å². The number of rotatable bonds is 4. The Morgan fingerprint density at radius 3 is 2.64 bits per heavy atom.